The molecule has 146 valence electrons. The van der Waals surface area contributed by atoms with Gasteiger partial charge < -0.3 is 10.2 Å². The van der Waals surface area contributed by atoms with Gasteiger partial charge in [-0.3, -0.25) is 9.78 Å². The fourth-order valence-electron chi connectivity index (χ4n) is 3.08. The third-order valence-corrected chi connectivity index (χ3v) is 5.62. The highest BCUT2D eigenvalue weighted by Gasteiger charge is 2.23. The van der Waals surface area contributed by atoms with E-state index >= 15 is 0 Å². The molecule has 3 aromatic heterocycles. The maximum atomic E-state index is 13.0. The fourth-order valence-corrected chi connectivity index (χ4v) is 4.20. The first kappa shape index (κ1) is 19.9. The Morgan fingerprint density at radius 2 is 2.07 bits per heavy atom. The first-order chi connectivity index (χ1) is 13.4. The molecule has 7 heteroatoms. The van der Waals surface area contributed by atoms with Gasteiger partial charge in [0.1, 0.15) is 17.0 Å². The average molecular weight is 396 g/mol. The van der Waals surface area contributed by atoms with Crippen LogP contribution >= 0.6 is 11.3 Å². The summed E-state index contributed by atoms with van der Waals surface area (Å²) >= 11 is 1.41. The van der Waals surface area contributed by atoms with Crippen molar-refractivity contribution in [3.63, 3.8) is 0 Å². The van der Waals surface area contributed by atoms with Crippen LogP contribution in [0.5, 0.6) is 0 Å². The predicted octanol–water partition coefficient (Wildman–Crippen LogP) is 4.35. The molecule has 0 saturated heterocycles. The lowest BCUT2D eigenvalue weighted by atomic mass is 10.1. The van der Waals surface area contributed by atoms with Gasteiger partial charge in [-0.05, 0) is 45.4 Å². The van der Waals surface area contributed by atoms with Crippen LogP contribution in [0.1, 0.15) is 40.5 Å². The molecular formula is C21H25N5OS. The number of aromatic nitrogens is 3. The number of anilines is 1. The molecular weight excluding hydrogens is 370 g/mol. The van der Waals surface area contributed by atoms with Crippen molar-refractivity contribution in [1.82, 2.24) is 19.9 Å². The van der Waals surface area contributed by atoms with Crippen molar-refractivity contribution in [3.8, 4) is 0 Å². The zero-order chi connectivity index (χ0) is 20.3. The van der Waals surface area contributed by atoms with Gasteiger partial charge >= 0.3 is 0 Å². The van der Waals surface area contributed by atoms with Crippen LogP contribution in [0.2, 0.25) is 0 Å². The number of carbonyl (C=O) groups is 1. The first-order valence-corrected chi connectivity index (χ1v) is 10.1. The monoisotopic (exact) mass is 395 g/mol. The second-order valence-corrected chi connectivity index (χ2v) is 7.86. The maximum Gasteiger partial charge on any atom is 0.264 e. The van der Waals surface area contributed by atoms with E-state index in [0.29, 0.717) is 24.5 Å². The molecule has 0 unspecified atom stereocenters. The molecule has 0 saturated carbocycles. The molecule has 0 spiro atoms. The van der Waals surface area contributed by atoms with Gasteiger partial charge in [-0.2, -0.15) is 0 Å². The van der Waals surface area contributed by atoms with E-state index < -0.39 is 0 Å². The minimum absolute atomic E-state index is 0.0114. The van der Waals surface area contributed by atoms with Crippen LogP contribution in [0, 0.1) is 13.8 Å². The van der Waals surface area contributed by atoms with Gasteiger partial charge in [-0.15, -0.1) is 11.3 Å². The number of rotatable bonds is 7. The second-order valence-electron chi connectivity index (χ2n) is 6.86. The van der Waals surface area contributed by atoms with Crippen LogP contribution in [-0.4, -0.2) is 38.8 Å². The molecule has 0 aromatic carbocycles. The van der Waals surface area contributed by atoms with E-state index in [-0.39, 0.29) is 5.91 Å². The highest BCUT2D eigenvalue weighted by molar-refractivity contribution is 7.20. The number of aryl methyl sites for hydroxylation is 2. The molecule has 3 rings (SSSR count). The molecule has 3 heterocycles. The van der Waals surface area contributed by atoms with E-state index in [1.807, 2.05) is 45.9 Å². The average Bonchev–Trinajstić information content (AvgIpc) is 3.01. The third-order valence-electron chi connectivity index (χ3n) is 4.43. The largest absolute Gasteiger partial charge is 0.364 e. The number of hydrogen-bond donors (Lipinski definition) is 1. The zero-order valence-corrected chi connectivity index (χ0v) is 17.6. The second kappa shape index (κ2) is 8.48. The van der Waals surface area contributed by atoms with Crippen molar-refractivity contribution in [3.05, 3.63) is 58.5 Å². The normalized spacial score (nSPS) is 10.9. The van der Waals surface area contributed by atoms with Crippen LogP contribution in [0.25, 0.3) is 10.2 Å². The summed E-state index contributed by atoms with van der Waals surface area (Å²) in [5.74, 6) is 0.737. The predicted molar refractivity (Wildman–Crippen MR) is 115 cm³/mol. The van der Waals surface area contributed by atoms with Gasteiger partial charge in [-0.1, -0.05) is 18.2 Å². The molecule has 0 fully saturated rings. The Morgan fingerprint density at radius 1 is 1.29 bits per heavy atom. The van der Waals surface area contributed by atoms with Crippen LogP contribution in [0.3, 0.4) is 0 Å². The van der Waals surface area contributed by atoms with Gasteiger partial charge in [0.15, 0.2) is 0 Å². The molecule has 0 aliphatic heterocycles. The van der Waals surface area contributed by atoms with E-state index in [2.05, 4.69) is 26.8 Å². The van der Waals surface area contributed by atoms with Crippen LogP contribution in [0.15, 0.2) is 36.7 Å². The molecule has 28 heavy (non-hydrogen) atoms. The highest BCUT2D eigenvalue weighted by atomic mass is 32.1. The third kappa shape index (κ3) is 4.20. The molecule has 0 atom stereocenters. The number of carbonyl (C=O) groups excluding carboxylic acids is 1. The molecule has 0 radical (unpaired) electrons. The SMILES string of the molecule is C=C(C)CN(CC)C(=O)c1sc2ncnc(NCc3cccc(C)n3)c2c1C. The molecule has 1 amide bonds. The summed E-state index contributed by atoms with van der Waals surface area (Å²) < 4.78 is 0. The summed E-state index contributed by atoms with van der Waals surface area (Å²) in [5, 5.41) is 4.25. The molecule has 0 aliphatic carbocycles. The highest BCUT2D eigenvalue weighted by Crippen LogP contribution is 2.34. The molecule has 1 N–H and O–H groups in total. The Kier molecular flexibility index (Phi) is 6.04. The van der Waals surface area contributed by atoms with Crippen LogP contribution in [-0.2, 0) is 6.54 Å². The lowest BCUT2D eigenvalue weighted by Gasteiger charge is -2.20. The van der Waals surface area contributed by atoms with Crippen molar-refractivity contribution in [2.75, 3.05) is 18.4 Å². The van der Waals surface area contributed by atoms with E-state index in [1.54, 1.807) is 4.90 Å². The molecule has 0 aliphatic rings. The molecule has 3 aromatic rings. The van der Waals surface area contributed by atoms with Gasteiger partial charge in [0.05, 0.1) is 22.5 Å². The first-order valence-electron chi connectivity index (χ1n) is 9.24. The number of nitrogens with zero attached hydrogens (tertiary/aromatic N) is 4. The quantitative estimate of drug-likeness (QED) is 0.602. The lowest BCUT2D eigenvalue weighted by molar-refractivity contribution is 0.0782. The number of pyridine rings is 1. The zero-order valence-electron chi connectivity index (χ0n) is 16.7. The summed E-state index contributed by atoms with van der Waals surface area (Å²) in [5.41, 5.74) is 3.78. The fraction of sp³-hybridized carbons (Fsp3) is 0.333. The number of fused-ring (bicyclic) bond motifs is 1. The van der Waals surface area contributed by atoms with Crippen molar-refractivity contribution >= 4 is 33.3 Å². The Labute approximate surface area is 169 Å². The standard InChI is InChI=1S/C21H25N5OS/c1-6-26(11-13(2)3)21(27)18-15(5)17-19(23-12-24-20(17)28-18)22-10-16-9-7-8-14(4)25-16/h7-9,12H,2,6,10-11H2,1,3-5H3,(H,22,23,24). The molecule has 0 bridgehead atoms. The number of amides is 1. The van der Waals surface area contributed by atoms with Gasteiger partial charge in [0, 0.05) is 18.8 Å². The summed E-state index contributed by atoms with van der Waals surface area (Å²) in [6, 6.07) is 5.94. The van der Waals surface area contributed by atoms with Gasteiger partial charge in [-0.25, -0.2) is 9.97 Å². The van der Waals surface area contributed by atoms with Gasteiger partial charge in [0.2, 0.25) is 0 Å². The summed E-state index contributed by atoms with van der Waals surface area (Å²) in [6.07, 6.45) is 1.53. The van der Waals surface area contributed by atoms with Crippen molar-refractivity contribution < 1.29 is 4.79 Å². The number of nitrogens with one attached hydrogen (secondary N) is 1. The summed E-state index contributed by atoms with van der Waals surface area (Å²) in [6.45, 7) is 13.5. The molecule has 6 nitrogen and oxygen atoms in total. The Bertz CT molecular complexity index is 1030. The maximum absolute atomic E-state index is 13.0. The topological polar surface area (TPSA) is 71.0 Å². The van der Waals surface area contributed by atoms with Crippen molar-refractivity contribution in [2.24, 2.45) is 0 Å². The number of likely N-dealkylation sites (N-methyl/N-ethyl adjacent to an activating group) is 1. The van der Waals surface area contributed by atoms with Crippen LogP contribution < -0.4 is 5.32 Å². The van der Waals surface area contributed by atoms with E-state index in [1.165, 1.54) is 17.7 Å². The Hall–Kier alpha value is -2.80. The van der Waals surface area contributed by atoms with E-state index in [0.717, 1.165) is 38.6 Å². The summed E-state index contributed by atoms with van der Waals surface area (Å²) in [7, 11) is 0. The lowest BCUT2D eigenvalue weighted by Crippen LogP contribution is -2.31. The minimum atomic E-state index is 0.0114. The van der Waals surface area contributed by atoms with Crippen molar-refractivity contribution in [1.29, 1.82) is 0 Å². The summed E-state index contributed by atoms with van der Waals surface area (Å²) in [4.78, 5) is 29.7. The van der Waals surface area contributed by atoms with Crippen molar-refractivity contribution in [2.45, 2.75) is 34.2 Å². The minimum Gasteiger partial charge on any atom is -0.364 e. The Balaban J connectivity index is 1.92. The Morgan fingerprint density at radius 3 is 2.75 bits per heavy atom. The number of hydrogen-bond acceptors (Lipinski definition) is 6. The smallest absolute Gasteiger partial charge is 0.264 e. The van der Waals surface area contributed by atoms with Gasteiger partial charge in [0.25, 0.3) is 5.91 Å². The van der Waals surface area contributed by atoms with Crippen LogP contribution in [0.4, 0.5) is 5.82 Å². The van der Waals surface area contributed by atoms with E-state index in [9.17, 15) is 4.79 Å². The van der Waals surface area contributed by atoms with E-state index in [4.69, 9.17) is 0 Å². The number of thiophene rings is 1.